The number of para-hydroxylation sites is 1. The normalized spacial score (nSPS) is 12.1. The van der Waals surface area contributed by atoms with Crippen molar-refractivity contribution in [1.29, 1.82) is 0 Å². The van der Waals surface area contributed by atoms with Gasteiger partial charge in [0.2, 0.25) is 17.6 Å². The van der Waals surface area contributed by atoms with Crippen LogP contribution in [0.25, 0.3) is 17.1 Å². The summed E-state index contributed by atoms with van der Waals surface area (Å²) in [6.45, 7) is 6.09. The van der Waals surface area contributed by atoms with E-state index in [1.165, 1.54) is 17.3 Å². The summed E-state index contributed by atoms with van der Waals surface area (Å²) in [5.74, 6) is 0.923. The number of pyridine rings is 1. The van der Waals surface area contributed by atoms with Crippen molar-refractivity contribution in [3.05, 3.63) is 66.6 Å². The van der Waals surface area contributed by atoms with Crippen molar-refractivity contribution in [3.8, 4) is 17.1 Å². The molecule has 0 spiro atoms. The molecule has 0 radical (unpaired) electrons. The average molecular weight is 464 g/mol. The summed E-state index contributed by atoms with van der Waals surface area (Å²) in [7, 11) is 0. The Morgan fingerprint density at radius 3 is 2.73 bits per heavy atom. The number of benzene rings is 1. The van der Waals surface area contributed by atoms with Gasteiger partial charge in [-0.25, -0.2) is 0 Å². The molecule has 0 saturated carbocycles. The highest BCUT2D eigenvalue weighted by Gasteiger charge is 2.25. The summed E-state index contributed by atoms with van der Waals surface area (Å²) in [4.78, 5) is 21.3. The number of rotatable bonds is 9. The number of hydrogen-bond donors (Lipinski definition) is 1. The van der Waals surface area contributed by atoms with Crippen molar-refractivity contribution in [3.63, 3.8) is 0 Å². The number of thioether (sulfide) groups is 1. The van der Waals surface area contributed by atoms with E-state index in [4.69, 9.17) is 4.52 Å². The van der Waals surface area contributed by atoms with Crippen LogP contribution in [0.5, 0.6) is 0 Å². The molecule has 0 aliphatic heterocycles. The number of aryl methyl sites for hydroxylation is 1. The van der Waals surface area contributed by atoms with Gasteiger partial charge in [0.15, 0.2) is 5.16 Å². The highest BCUT2D eigenvalue weighted by Crippen LogP contribution is 2.25. The third-order valence-corrected chi connectivity index (χ3v) is 6.05. The molecule has 3 aromatic heterocycles. The van der Waals surface area contributed by atoms with Crippen molar-refractivity contribution in [2.45, 2.75) is 38.4 Å². The van der Waals surface area contributed by atoms with Gasteiger partial charge in [0.05, 0.1) is 11.4 Å². The maximum Gasteiger partial charge on any atom is 0.249 e. The van der Waals surface area contributed by atoms with Crippen molar-refractivity contribution in [2.75, 3.05) is 5.75 Å². The lowest BCUT2D eigenvalue weighted by atomic mass is 10.0. The number of carbonyl (C=O) groups excluding carboxylic acids is 1. The predicted molar refractivity (Wildman–Crippen MR) is 125 cm³/mol. The number of aromatic nitrogens is 6. The van der Waals surface area contributed by atoms with Crippen molar-refractivity contribution < 1.29 is 9.32 Å². The van der Waals surface area contributed by atoms with Crippen LogP contribution < -0.4 is 5.32 Å². The maximum atomic E-state index is 12.8. The Labute approximate surface area is 196 Å². The zero-order valence-electron chi connectivity index (χ0n) is 18.7. The third-order valence-electron chi connectivity index (χ3n) is 5.11. The van der Waals surface area contributed by atoms with Gasteiger partial charge < -0.3 is 9.84 Å². The van der Waals surface area contributed by atoms with Gasteiger partial charge in [0.1, 0.15) is 12.4 Å². The summed E-state index contributed by atoms with van der Waals surface area (Å²) >= 11 is 1.33. The number of carbonyl (C=O) groups is 1. The first kappa shape index (κ1) is 22.7. The molecule has 1 unspecified atom stereocenters. The first-order valence-electron chi connectivity index (χ1n) is 10.7. The van der Waals surface area contributed by atoms with Gasteiger partial charge in [-0.1, -0.05) is 55.9 Å². The topological polar surface area (TPSA) is 112 Å². The minimum absolute atomic E-state index is 0.0600. The first-order valence-corrected chi connectivity index (χ1v) is 11.7. The predicted octanol–water partition coefficient (Wildman–Crippen LogP) is 3.88. The zero-order chi connectivity index (χ0) is 23.2. The van der Waals surface area contributed by atoms with Crippen LogP contribution in [0.15, 0.2) is 64.8 Å². The minimum atomic E-state index is -0.403. The lowest BCUT2D eigenvalue weighted by molar-refractivity contribution is -0.119. The van der Waals surface area contributed by atoms with E-state index in [2.05, 4.69) is 43.6 Å². The summed E-state index contributed by atoms with van der Waals surface area (Å²) in [5.41, 5.74) is 3.00. The summed E-state index contributed by atoms with van der Waals surface area (Å²) in [5, 5.41) is 16.0. The molecule has 0 fully saturated rings. The Kier molecular flexibility index (Phi) is 7.13. The fraction of sp³-hybridized carbons (Fsp3) is 0.304. The lowest BCUT2D eigenvalue weighted by Crippen LogP contribution is -2.33. The highest BCUT2D eigenvalue weighted by molar-refractivity contribution is 7.99. The second kappa shape index (κ2) is 10.4. The van der Waals surface area contributed by atoms with E-state index in [9.17, 15) is 4.79 Å². The number of nitrogens with one attached hydrogen (secondary N) is 1. The molecule has 33 heavy (non-hydrogen) atoms. The van der Waals surface area contributed by atoms with Gasteiger partial charge in [-0.15, -0.1) is 10.2 Å². The smallest absolute Gasteiger partial charge is 0.249 e. The second-order valence-corrected chi connectivity index (χ2v) is 8.68. The van der Waals surface area contributed by atoms with Crippen molar-refractivity contribution in [1.82, 2.24) is 35.2 Å². The van der Waals surface area contributed by atoms with Gasteiger partial charge in [0, 0.05) is 18.0 Å². The van der Waals surface area contributed by atoms with E-state index in [1.54, 1.807) is 30.9 Å². The summed E-state index contributed by atoms with van der Waals surface area (Å²) in [6, 6.07) is 11.3. The van der Waals surface area contributed by atoms with E-state index in [-0.39, 0.29) is 17.6 Å². The SMILES string of the molecule is CCc1ccccc1-n1cnnc1SCC(=O)NC(c1nc(-c2ccncc2)no1)C(C)C. The molecule has 1 aromatic carbocycles. The van der Waals surface area contributed by atoms with Crippen LogP contribution in [-0.2, 0) is 11.2 Å². The Morgan fingerprint density at radius 2 is 1.97 bits per heavy atom. The van der Waals surface area contributed by atoms with Gasteiger partial charge >= 0.3 is 0 Å². The molecule has 1 amide bonds. The van der Waals surface area contributed by atoms with E-state index >= 15 is 0 Å². The Balaban J connectivity index is 1.43. The van der Waals surface area contributed by atoms with Crippen LogP contribution in [-0.4, -0.2) is 41.5 Å². The second-order valence-electron chi connectivity index (χ2n) is 7.74. The largest absolute Gasteiger partial charge is 0.343 e. The van der Waals surface area contributed by atoms with E-state index in [1.807, 2.05) is 36.6 Å². The van der Waals surface area contributed by atoms with Crippen LogP contribution >= 0.6 is 11.8 Å². The molecule has 1 N–H and O–H groups in total. The van der Waals surface area contributed by atoms with Crippen LogP contribution in [0.1, 0.15) is 38.3 Å². The standard InChI is InChI=1S/C23H25N7O2S/c1-4-16-7-5-6-8-18(16)30-14-25-28-23(30)33-13-19(31)26-20(15(2)3)22-27-21(29-32-22)17-9-11-24-12-10-17/h5-12,14-15,20H,4,13H2,1-3H3,(H,26,31). The van der Waals surface area contributed by atoms with Gasteiger partial charge in [-0.3, -0.25) is 14.3 Å². The molecule has 4 aromatic rings. The molecule has 0 bridgehead atoms. The fourth-order valence-corrected chi connectivity index (χ4v) is 4.10. The lowest BCUT2D eigenvalue weighted by Gasteiger charge is -2.18. The van der Waals surface area contributed by atoms with Gasteiger partial charge in [-0.05, 0) is 36.1 Å². The molecule has 1 atom stereocenters. The molecule has 10 heteroatoms. The third kappa shape index (κ3) is 5.28. The average Bonchev–Trinajstić information content (AvgIpc) is 3.51. The molecular formula is C23H25N7O2S. The fourth-order valence-electron chi connectivity index (χ4n) is 3.37. The monoisotopic (exact) mass is 463 g/mol. The molecule has 3 heterocycles. The number of hydrogen-bond acceptors (Lipinski definition) is 8. The Morgan fingerprint density at radius 1 is 1.18 bits per heavy atom. The van der Waals surface area contributed by atoms with Crippen molar-refractivity contribution >= 4 is 17.7 Å². The van der Waals surface area contributed by atoms with E-state index in [0.29, 0.717) is 16.9 Å². The van der Waals surface area contributed by atoms with E-state index < -0.39 is 6.04 Å². The summed E-state index contributed by atoms with van der Waals surface area (Å²) in [6.07, 6.45) is 5.90. The Bertz CT molecular complexity index is 1210. The zero-order valence-corrected chi connectivity index (χ0v) is 19.5. The highest BCUT2D eigenvalue weighted by atomic mass is 32.2. The van der Waals surface area contributed by atoms with Gasteiger partial charge in [-0.2, -0.15) is 4.98 Å². The van der Waals surface area contributed by atoms with Crippen molar-refractivity contribution in [2.24, 2.45) is 5.92 Å². The minimum Gasteiger partial charge on any atom is -0.343 e. The van der Waals surface area contributed by atoms with Crippen LogP contribution in [0, 0.1) is 5.92 Å². The quantitative estimate of drug-likeness (QED) is 0.372. The Hall–Kier alpha value is -3.53. The molecular weight excluding hydrogens is 438 g/mol. The molecule has 0 aliphatic rings. The molecule has 0 saturated heterocycles. The van der Waals surface area contributed by atoms with E-state index in [0.717, 1.165) is 17.7 Å². The van der Waals surface area contributed by atoms with Crippen LogP contribution in [0.2, 0.25) is 0 Å². The van der Waals surface area contributed by atoms with Crippen LogP contribution in [0.3, 0.4) is 0 Å². The molecule has 4 rings (SSSR count). The molecule has 0 aliphatic carbocycles. The van der Waals surface area contributed by atoms with Gasteiger partial charge in [0.25, 0.3) is 0 Å². The maximum absolute atomic E-state index is 12.8. The summed E-state index contributed by atoms with van der Waals surface area (Å²) < 4.78 is 7.38. The molecule has 9 nitrogen and oxygen atoms in total. The number of nitrogens with zero attached hydrogens (tertiary/aromatic N) is 6. The van der Waals surface area contributed by atoms with Crippen LogP contribution in [0.4, 0.5) is 0 Å². The first-order chi connectivity index (χ1) is 16.1. The number of amides is 1. The molecule has 170 valence electrons.